The molecule has 2 atom stereocenters. The van der Waals surface area contributed by atoms with Crippen LogP contribution in [0.2, 0.25) is 0 Å². The van der Waals surface area contributed by atoms with Gasteiger partial charge in [0.2, 0.25) is 0 Å². The van der Waals surface area contributed by atoms with Crippen molar-refractivity contribution in [2.75, 3.05) is 11.9 Å². The van der Waals surface area contributed by atoms with E-state index in [1.165, 1.54) is 5.56 Å². The molecule has 0 aliphatic rings. The maximum absolute atomic E-state index is 5.94. The lowest BCUT2D eigenvalue weighted by molar-refractivity contribution is 0.217. The van der Waals surface area contributed by atoms with E-state index in [-0.39, 0.29) is 12.2 Å². The van der Waals surface area contributed by atoms with Crippen molar-refractivity contribution in [3.8, 4) is 11.5 Å². The van der Waals surface area contributed by atoms with Gasteiger partial charge in [-0.25, -0.2) is 0 Å². The average molecular weight is 313 g/mol. The van der Waals surface area contributed by atoms with Crippen LogP contribution in [0.5, 0.6) is 11.5 Å². The number of benzene rings is 2. The normalized spacial score (nSPS) is 13.2. The van der Waals surface area contributed by atoms with E-state index in [0.29, 0.717) is 0 Å². The van der Waals surface area contributed by atoms with E-state index in [2.05, 4.69) is 45.1 Å². The minimum Gasteiger partial charge on any atom is -0.491 e. The number of hydrogen-bond acceptors (Lipinski definition) is 3. The summed E-state index contributed by atoms with van der Waals surface area (Å²) in [5.41, 5.74) is 2.25. The van der Waals surface area contributed by atoms with E-state index in [0.717, 1.165) is 30.2 Å². The molecule has 0 saturated heterocycles. The summed E-state index contributed by atoms with van der Waals surface area (Å²) in [6.45, 7) is 9.07. The fraction of sp³-hybridized carbons (Fsp3) is 0.400. The number of aryl methyl sites for hydroxylation is 1. The second-order valence-corrected chi connectivity index (χ2v) is 5.99. The van der Waals surface area contributed by atoms with Crippen molar-refractivity contribution in [3.63, 3.8) is 0 Å². The van der Waals surface area contributed by atoms with E-state index in [1.807, 2.05) is 36.4 Å². The quantitative estimate of drug-likeness (QED) is 0.739. The molecule has 0 bridgehead atoms. The molecule has 0 fully saturated rings. The standard InChI is InChI=1S/C20H27NO2/c1-5-16(3)22-20-11-7-9-18(13-20)21-14-17(4)23-19-10-6-8-15(2)12-19/h6-13,16-17,21H,5,14H2,1-4H3. The van der Waals surface area contributed by atoms with Crippen LogP contribution in [0.25, 0.3) is 0 Å². The molecule has 0 spiro atoms. The number of hydrogen-bond donors (Lipinski definition) is 1. The molecule has 0 aliphatic heterocycles. The summed E-state index contributed by atoms with van der Waals surface area (Å²) in [4.78, 5) is 0. The first-order chi connectivity index (χ1) is 11.1. The van der Waals surface area contributed by atoms with Gasteiger partial charge in [-0.15, -0.1) is 0 Å². The molecule has 0 aliphatic carbocycles. The highest BCUT2D eigenvalue weighted by atomic mass is 16.5. The molecule has 2 aromatic rings. The lowest BCUT2D eigenvalue weighted by Gasteiger charge is -2.17. The van der Waals surface area contributed by atoms with Gasteiger partial charge >= 0.3 is 0 Å². The second-order valence-electron chi connectivity index (χ2n) is 5.99. The lowest BCUT2D eigenvalue weighted by Crippen LogP contribution is -2.22. The maximum atomic E-state index is 5.94. The Morgan fingerprint density at radius 3 is 2.26 bits per heavy atom. The van der Waals surface area contributed by atoms with E-state index in [9.17, 15) is 0 Å². The van der Waals surface area contributed by atoms with E-state index in [1.54, 1.807) is 0 Å². The van der Waals surface area contributed by atoms with Gasteiger partial charge in [0.25, 0.3) is 0 Å². The smallest absolute Gasteiger partial charge is 0.121 e. The summed E-state index contributed by atoms with van der Waals surface area (Å²) < 4.78 is 11.8. The summed E-state index contributed by atoms with van der Waals surface area (Å²) in [6, 6.07) is 16.2. The molecule has 0 radical (unpaired) electrons. The molecule has 3 heteroatoms. The Balaban J connectivity index is 1.86. The van der Waals surface area contributed by atoms with Crippen LogP contribution in [0.15, 0.2) is 48.5 Å². The fourth-order valence-corrected chi connectivity index (χ4v) is 2.22. The van der Waals surface area contributed by atoms with E-state index in [4.69, 9.17) is 9.47 Å². The van der Waals surface area contributed by atoms with Gasteiger partial charge in [0.15, 0.2) is 0 Å². The maximum Gasteiger partial charge on any atom is 0.121 e. The van der Waals surface area contributed by atoms with Crippen molar-refractivity contribution < 1.29 is 9.47 Å². The molecule has 1 N–H and O–H groups in total. The highest BCUT2D eigenvalue weighted by Crippen LogP contribution is 2.20. The third-order valence-corrected chi connectivity index (χ3v) is 3.67. The van der Waals surface area contributed by atoms with Gasteiger partial charge in [0.1, 0.15) is 17.6 Å². The topological polar surface area (TPSA) is 30.5 Å². The Morgan fingerprint density at radius 1 is 0.913 bits per heavy atom. The van der Waals surface area contributed by atoms with Crippen molar-refractivity contribution in [1.29, 1.82) is 0 Å². The van der Waals surface area contributed by atoms with Crippen molar-refractivity contribution in [2.45, 2.75) is 46.3 Å². The third-order valence-electron chi connectivity index (χ3n) is 3.67. The summed E-state index contributed by atoms with van der Waals surface area (Å²) in [6.07, 6.45) is 1.31. The van der Waals surface area contributed by atoms with Gasteiger partial charge in [-0.2, -0.15) is 0 Å². The first-order valence-electron chi connectivity index (χ1n) is 8.30. The van der Waals surface area contributed by atoms with Crippen LogP contribution in [-0.4, -0.2) is 18.8 Å². The highest BCUT2D eigenvalue weighted by Gasteiger charge is 2.06. The lowest BCUT2D eigenvalue weighted by atomic mass is 10.2. The number of nitrogens with one attached hydrogen (secondary N) is 1. The zero-order valence-electron chi connectivity index (χ0n) is 14.5. The molecule has 2 aromatic carbocycles. The van der Waals surface area contributed by atoms with E-state index < -0.39 is 0 Å². The van der Waals surface area contributed by atoms with Crippen LogP contribution in [0.1, 0.15) is 32.8 Å². The third kappa shape index (κ3) is 5.85. The first-order valence-corrected chi connectivity index (χ1v) is 8.30. The molecule has 3 nitrogen and oxygen atoms in total. The van der Waals surface area contributed by atoms with Crippen LogP contribution in [0, 0.1) is 6.92 Å². The molecule has 23 heavy (non-hydrogen) atoms. The summed E-state index contributed by atoms with van der Waals surface area (Å²) in [5.74, 6) is 1.81. The van der Waals surface area contributed by atoms with Gasteiger partial charge in [-0.3, -0.25) is 0 Å². The van der Waals surface area contributed by atoms with Gasteiger partial charge < -0.3 is 14.8 Å². The van der Waals surface area contributed by atoms with E-state index >= 15 is 0 Å². The summed E-state index contributed by atoms with van der Waals surface area (Å²) in [7, 11) is 0. The van der Waals surface area contributed by atoms with Crippen LogP contribution in [0.4, 0.5) is 5.69 Å². The molecule has 0 heterocycles. The van der Waals surface area contributed by atoms with Crippen LogP contribution >= 0.6 is 0 Å². The van der Waals surface area contributed by atoms with Crippen molar-refractivity contribution in [1.82, 2.24) is 0 Å². The minimum atomic E-state index is 0.0796. The Hall–Kier alpha value is -2.16. The van der Waals surface area contributed by atoms with Crippen LogP contribution in [-0.2, 0) is 0 Å². The Morgan fingerprint density at radius 2 is 1.57 bits per heavy atom. The molecule has 0 amide bonds. The molecular weight excluding hydrogens is 286 g/mol. The molecule has 0 aromatic heterocycles. The highest BCUT2D eigenvalue weighted by molar-refractivity contribution is 5.48. The predicted octanol–water partition coefficient (Wildman–Crippen LogP) is 5.05. The largest absolute Gasteiger partial charge is 0.491 e. The molecule has 124 valence electrons. The van der Waals surface area contributed by atoms with Crippen LogP contribution in [0.3, 0.4) is 0 Å². The van der Waals surface area contributed by atoms with Crippen LogP contribution < -0.4 is 14.8 Å². The Kier molecular flexibility index (Phi) is 6.33. The molecule has 0 saturated carbocycles. The summed E-state index contributed by atoms with van der Waals surface area (Å²) in [5, 5.41) is 3.41. The molecule has 2 unspecified atom stereocenters. The zero-order chi connectivity index (χ0) is 16.7. The monoisotopic (exact) mass is 313 g/mol. The second kappa shape index (κ2) is 8.47. The minimum absolute atomic E-state index is 0.0796. The number of rotatable bonds is 8. The van der Waals surface area contributed by atoms with Crippen molar-refractivity contribution in [3.05, 3.63) is 54.1 Å². The zero-order valence-corrected chi connectivity index (χ0v) is 14.5. The fourth-order valence-electron chi connectivity index (χ4n) is 2.22. The van der Waals surface area contributed by atoms with Crippen molar-refractivity contribution >= 4 is 5.69 Å². The average Bonchev–Trinajstić information content (AvgIpc) is 2.53. The summed E-state index contributed by atoms with van der Waals surface area (Å²) >= 11 is 0. The molecular formula is C20H27NO2. The van der Waals surface area contributed by atoms with Gasteiger partial charge in [-0.05, 0) is 57.0 Å². The number of anilines is 1. The molecule has 2 rings (SSSR count). The Labute approximate surface area is 139 Å². The number of ether oxygens (including phenoxy) is 2. The van der Waals surface area contributed by atoms with Gasteiger partial charge in [-0.1, -0.05) is 25.1 Å². The SMILES string of the molecule is CCC(C)Oc1cccc(NCC(C)Oc2cccc(C)c2)c1. The van der Waals surface area contributed by atoms with Gasteiger partial charge in [0, 0.05) is 11.8 Å². The first kappa shape index (κ1) is 17.2. The predicted molar refractivity (Wildman–Crippen MR) is 96.6 cm³/mol. The Bertz CT molecular complexity index is 612. The van der Waals surface area contributed by atoms with Gasteiger partial charge in [0.05, 0.1) is 12.6 Å². The van der Waals surface area contributed by atoms with Crippen molar-refractivity contribution in [2.24, 2.45) is 0 Å².